The summed E-state index contributed by atoms with van der Waals surface area (Å²) in [5.74, 6) is -0.980. The van der Waals surface area contributed by atoms with E-state index < -0.39 is 17.5 Å². The van der Waals surface area contributed by atoms with Crippen molar-refractivity contribution in [1.82, 2.24) is 40.3 Å². The van der Waals surface area contributed by atoms with E-state index in [-0.39, 0.29) is 42.4 Å². The van der Waals surface area contributed by atoms with Gasteiger partial charge >= 0.3 is 0 Å². The molecule has 0 aliphatic carbocycles. The van der Waals surface area contributed by atoms with Crippen molar-refractivity contribution in [3.63, 3.8) is 0 Å². The molecule has 4 heterocycles. The first-order chi connectivity index (χ1) is 29.5. The van der Waals surface area contributed by atoms with Crippen LogP contribution in [0, 0.1) is 12.7 Å². The molecule has 3 saturated heterocycles. The zero-order valence-electron chi connectivity index (χ0n) is 35.3. The maximum absolute atomic E-state index is 14.6. The van der Waals surface area contributed by atoms with Gasteiger partial charge in [0.15, 0.2) is 0 Å². The number of hydrogen-bond donors (Lipinski definition) is 3. The number of rotatable bonds is 18. The summed E-state index contributed by atoms with van der Waals surface area (Å²) in [6.45, 7) is 11.3. The van der Waals surface area contributed by atoms with Gasteiger partial charge in [0.1, 0.15) is 17.4 Å². The van der Waals surface area contributed by atoms with Gasteiger partial charge in [-0.3, -0.25) is 34.3 Å². The van der Waals surface area contributed by atoms with Gasteiger partial charge in [-0.05, 0) is 75.0 Å². The van der Waals surface area contributed by atoms with Crippen molar-refractivity contribution in [2.24, 2.45) is 0 Å². The van der Waals surface area contributed by atoms with E-state index in [4.69, 9.17) is 9.47 Å². The lowest BCUT2D eigenvalue weighted by Crippen LogP contribution is -2.47. The van der Waals surface area contributed by atoms with Crippen molar-refractivity contribution in [2.45, 2.75) is 44.3 Å². The number of fused-ring (bicyclic) bond motifs is 1. The molecular weight excluding hydrogens is 784 g/mol. The minimum Gasteiger partial charge on any atom is -0.378 e. The number of imide groups is 1. The second kappa shape index (κ2) is 20.5. The molecule has 61 heavy (non-hydrogen) atoms. The van der Waals surface area contributed by atoms with Crippen LogP contribution in [0.25, 0.3) is 10.9 Å². The van der Waals surface area contributed by atoms with E-state index in [0.29, 0.717) is 62.7 Å². The van der Waals surface area contributed by atoms with Crippen LogP contribution >= 0.6 is 0 Å². The Morgan fingerprint density at radius 3 is 2.44 bits per heavy atom. The number of likely N-dealkylation sites (N-methyl/N-ethyl adjacent to an activating group) is 1. The van der Waals surface area contributed by atoms with E-state index >= 15 is 0 Å². The van der Waals surface area contributed by atoms with E-state index in [0.717, 1.165) is 61.6 Å². The van der Waals surface area contributed by atoms with Crippen molar-refractivity contribution in [1.29, 1.82) is 0 Å². The van der Waals surface area contributed by atoms with Gasteiger partial charge in [-0.25, -0.2) is 4.39 Å². The van der Waals surface area contributed by atoms with Crippen LogP contribution < -0.4 is 26.4 Å². The lowest BCUT2D eigenvalue weighted by Gasteiger charge is -2.36. The van der Waals surface area contributed by atoms with Crippen LogP contribution in [0.3, 0.4) is 0 Å². The Bertz CT molecular complexity index is 2190. The molecule has 3 aliphatic rings. The number of nitrogens with one attached hydrogen (secondary N) is 3. The fraction of sp³-hybridized carbons (Fsp3) is 0.500. The highest BCUT2D eigenvalue weighted by Crippen LogP contribution is 2.33. The van der Waals surface area contributed by atoms with E-state index in [1.165, 1.54) is 11.3 Å². The van der Waals surface area contributed by atoms with Crippen LogP contribution in [0.4, 0.5) is 15.8 Å². The quantitative estimate of drug-likeness (QED) is 0.0987. The number of likely N-dealkylation sites (tertiary alicyclic amines) is 1. The third-order valence-electron chi connectivity index (χ3n) is 12.0. The Labute approximate surface area is 355 Å². The van der Waals surface area contributed by atoms with Gasteiger partial charge in [0.05, 0.1) is 38.4 Å². The third kappa shape index (κ3) is 11.1. The van der Waals surface area contributed by atoms with Gasteiger partial charge in [0.25, 0.3) is 11.5 Å². The Morgan fingerprint density at radius 2 is 1.70 bits per heavy atom. The molecule has 17 heteroatoms. The molecule has 3 atom stereocenters. The van der Waals surface area contributed by atoms with E-state index in [9.17, 15) is 23.6 Å². The lowest BCUT2D eigenvalue weighted by molar-refractivity contribution is -0.136. The number of carbonyl (C=O) groups excluding carboxylic acids is 3. The topological polar surface area (TPSA) is 166 Å². The average Bonchev–Trinajstić information content (AvgIpc) is 3.69. The summed E-state index contributed by atoms with van der Waals surface area (Å²) < 4.78 is 27.1. The minimum atomic E-state index is -0.915. The summed E-state index contributed by atoms with van der Waals surface area (Å²) in [6, 6.07) is 18.7. The van der Waals surface area contributed by atoms with Gasteiger partial charge < -0.3 is 29.9 Å². The molecule has 3 aromatic carbocycles. The van der Waals surface area contributed by atoms with Crippen molar-refractivity contribution in [3.8, 4) is 0 Å². The average molecular weight is 841 g/mol. The third-order valence-corrected chi connectivity index (χ3v) is 12.0. The molecule has 4 aromatic rings. The van der Waals surface area contributed by atoms with E-state index in [1.807, 2.05) is 13.0 Å². The zero-order valence-corrected chi connectivity index (χ0v) is 35.3. The fourth-order valence-corrected chi connectivity index (χ4v) is 8.41. The first-order valence-electron chi connectivity index (χ1n) is 21.1. The summed E-state index contributed by atoms with van der Waals surface area (Å²) in [4.78, 5) is 58.9. The highest BCUT2D eigenvalue weighted by molar-refractivity contribution is 5.99. The van der Waals surface area contributed by atoms with Gasteiger partial charge in [-0.2, -0.15) is 4.68 Å². The number of piperazine rings is 1. The van der Waals surface area contributed by atoms with Gasteiger partial charge in [0.2, 0.25) is 11.8 Å². The highest BCUT2D eigenvalue weighted by Gasteiger charge is 2.36. The molecule has 3 amide bonds. The number of aryl methyl sites for hydroxylation is 1. The molecule has 326 valence electrons. The number of hydrogen-bond acceptors (Lipinski definition) is 13. The predicted octanol–water partition coefficient (Wildman–Crippen LogP) is 2.13. The van der Waals surface area contributed by atoms with Gasteiger partial charge in [-0.15, -0.1) is 5.10 Å². The summed E-state index contributed by atoms with van der Waals surface area (Å²) in [5, 5.41) is 16.2. The number of aromatic nitrogens is 3. The molecule has 0 saturated carbocycles. The van der Waals surface area contributed by atoms with E-state index in [1.54, 1.807) is 30.3 Å². The Hall–Kier alpha value is -5.33. The number of benzene rings is 3. The van der Waals surface area contributed by atoms with Crippen molar-refractivity contribution >= 4 is 40.0 Å². The predicted molar refractivity (Wildman–Crippen MR) is 230 cm³/mol. The second-order valence-electron chi connectivity index (χ2n) is 16.3. The van der Waals surface area contributed by atoms with Crippen LogP contribution in [-0.4, -0.2) is 153 Å². The Kier molecular flexibility index (Phi) is 14.7. The minimum absolute atomic E-state index is 0.0215. The standard InChI is InChI=1S/C44H57FN10O6/c1-30-5-4-6-37(45)35(30)27-53-28-36(40(29-53)51(2)3)31-7-10-33(11-8-31)54-18-16-52(17-19-54)20-22-61-24-23-60-21-15-46-42(57)26-47-32-9-12-38-34(25-32)44(59)55(50-49-38)39-13-14-41(56)48-43(39)58/h4-12,25,36,39-40,47H,13-24,26-29H2,1-3H3,(H,46,57)(H,48,56,58)/t36-,39?,40+/m1/s1. The Balaban J connectivity index is 0.742. The van der Waals surface area contributed by atoms with Crippen LogP contribution in [0.2, 0.25) is 0 Å². The number of amides is 3. The molecule has 3 fully saturated rings. The molecule has 1 unspecified atom stereocenters. The van der Waals surface area contributed by atoms with Crippen LogP contribution in [0.5, 0.6) is 0 Å². The van der Waals surface area contributed by atoms with Crippen LogP contribution in [-0.2, 0) is 30.4 Å². The molecule has 3 aliphatic heterocycles. The van der Waals surface area contributed by atoms with Gasteiger partial charge in [0, 0.05) is 94.2 Å². The smallest absolute Gasteiger partial charge is 0.278 e. The number of carbonyl (C=O) groups is 3. The highest BCUT2D eigenvalue weighted by atomic mass is 19.1. The molecule has 16 nitrogen and oxygen atoms in total. The fourth-order valence-electron chi connectivity index (χ4n) is 8.41. The summed E-state index contributed by atoms with van der Waals surface area (Å²) in [6.07, 6.45) is 0.274. The van der Waals surface area contributed by atoms with Crippen molar-refractivity contribution < 1.29 is 28.2 Å². The SMILES string of the molecule is Cc1cccc(F)c1CN1C[C@H](c2ccc(N3CCN(CCOCCOCCNC(=O)CNc4ccc5nnn(C6CCC(=O)NC6=O)c(=O)c5c4)CC3)cc2)[C@@H](N(C)C)C1. The number of nitrogens with zero attached hydrogens (tertiary/aromatic N) is 7. The van der Waals surface area contributed by atoms with E-state index in [2.05, 4.69) is 84.2 Å². The van der Waals surface area contributed by atoms with Crippen LogP contribution in [0.1, 0.15) is 41.5 Å². The number of ether oxygens (including phenoxy) is 2. The van der Waals surface area contributed by atoms with Crippen molar-refractivity contribution in [3.05, 3.63) is 93.5 Å². The van der Waals surface area contributed by atoms with Gasteiger partial charge in [-0.1, -0.05) is 29.5 Å². The number of piperidine rings is 1. The molecule has 1 aromatic heterocycles. The largest absolute Gasteiger partial charge is 0.378 e. The number of anilines is 2. The number of halogens is 1. The molecular formula is C44H57FN10O6. The molecule has 0 radical (unpaired) electrons. The summed E-state index contributed by atoms with van der Waals surface area (Å²) in [5.41, 5.74) is 4.74. The second-order valence-corrected chi connectivity index (χ2v) is 16.3. The Morgan fingerprint density at radius 1 is 0.934 bits per heavy atom. The molecule has 3 N–H and O–H groups in total. The molecule has 7 rings (SSSR count). The van der Waals surface area contributed by atoms with Crippen molar-refractivity contribution in [2.75, 3.05) is 110 Å². The first-order valence-corrected chi connectivity index (χ1v) is 21.1. The molecule has 0 bridgehead atoms. The molecule has 0 spiro atoms. The lowest BCUT2D eigenvalue weighted by atomic mass is 9.93. The van der Waals surface area contributed by atoms with Crippen LogP contribution in [0.15, 0.2) is 65.5 Å². The first kappa shape index (κ1) is 43.7. The zero-order chi connectivity index (χ0) is 42.9. The summed E-state index contributed by atoms with van der Waals surface area (Å²) in [7, 11) is 4.28. The monoisotopic (exact) mass is 840 g/mol. The normalized spacial score (nSPS) is 20.1. The maximum atomic E-state index is 14.6. The summed E-state index contributed by atoms with van der Waals surface area (Å²) >= 11 is 0. The maximum Gasteiger partial charge on any atom is 0.278 e.